The number of hydrogen-bond acceptors (Lipinski definition) is 9. The zero-order valence-corrected chi connectivity index (χ0v) is 18.6. The highest BCUT2D eigenvalue weighted by molar-refractivity contribution is 6.08. The summed E-state index contributed by atoms with van der Waals surface area (Å²) in [6, 6.07) is 6.96. The van der Waals surface area contributed by atoms with E-state index in [9.17, 15) is 18.3 Å². The van der Waals surface area contributed by atoms with Crippen LogP contribution in [0.25, 0.3) is 5.57 Å². The second kappa shape index (κ2) is 11.1. The molecule has 0 amide bonds. The quantitative estimate of drug-likeness (QED) is 0.371. The first-order valence-electron chi connectivity index (χ1n) is 10.6. The number of alkyl halides is 3. The van der Waals surface area contributed by atoms with Gasteiger partial charge < -0.3 is 36.4 Å². The van der Waals surface area contributed by atoms with Gasteiger partial charge in [-0.15, -0.1) is 0 Å². The van der Waals surface area contributed by atoms with E-state index in [4.69, 9.17) is 10.8 Å². The first kappa shape index (κ1) is 25.1. The van der Waals surface area contributed by atoms with Crippen molar-refractivity contribution >= 4 is 35.3 Å². The third-order valence-corrected chi connectivity index (χ3v) is 5.13. The summed E-state index contributed by atoms with van der Waals surface area (Å²) >= 11 is 0. The van der Waals surface area contributed by atoms with Gasteiger partial charge in [0.2, 0.25) is 0 Å². The summed E-state index contributed by atoms with van der Waals surface area (Å²) in [5.41, 5.74) is 1.31. The number of pyridine rings is 2. The molecule has 1 aliphatic heterocycles. The Hall–Kier alpha value is -3.51. The van der Waals surface area contributed by atoms with Crippen molar-refractivity contribution in [3.05, 3.63) is 47.9 Å². The average Bonchev–Trinajstić information content (AvgIpc) is 2.96. The molecule has 9 nitrogen and oxygen atoms in total. The van der Waals surface area contributed by atoms with Gasteiger partial charge in [-0.25, -0.2) is 4.98 Å². The molecule has 1 atom stereocenters. The number of hydrogen-bond donors (Lipinski definition) is 5. The van der Waals surface area contributed by atoms with Crippen molar-refractivity contribution in [2.45, 2.75) is 12.3 Å². The van der Waals surface area contributed by atoms with Crippen molar-refractivity contribution in [2.24, 2.45) is 0 Å². The SMILES string of the molecule is CN1CCN(c2cccc(Nc3cc(/C(C=N)=C/NCC(F)(F)F)ncc3C=N)n2)C[C@@H](O)C1. The zero-order valence-electron chi connectivity index (χ0n) is 18.6. The van der Waals surface area contributed by atoms with Gasteiger partial charge in [0.15, 0.2) is 0 Å². The van der Waals surface area contributed by atoms with Gasteiger partial charge in [-0.1, -0.05) is 6.07 Å². The van der Waals surface area contributed by atoms with Crippen LogP contribution in [0.1, 0.15) is 11.3 Å². The Balaban J connectivity index is 1.83. The summed E-state index contributed by atoms with van der Waals surface area (Å²) in [5, 5.41) is 30.7. The fourth-order valence-electron chi connectivity index (χ4n) is 3.47. The van der Waals surface area contributed by atoms with E-state index in [0.29, 0.717) is 42.5 Å². The Kier molecular flexibility index (Phi) is 8.18. The minimum Gasteiger partial charge on any atom is -0.390 e. The van der Waals surface area contributed by atoms with E-state index >= 15 is 0 Å². The third-order valence-electron chi connectivity index (χ3n) is 5.13. The van der Waals surface area contributed by atoms with E-state index in [2.05, 4.69) is 25.5 Å². The molecule has 0 aliphatic carbocycles. The van der Waals surface area contributed by atoms with E-state index in [0.717, 1.165) is 25.2 Å². The zero-order chi connectivity index (χ0) is 24.7. The second-order valence-electron chi connectivity index (χ2n) is 7.91. The number of aliphatic hydroxyl groups excluding tert-OH is 1. The summed E-state index contributed by atoms with van der Waals surface area (Å²) in [4.78, 5) is 12.8. The van der Waals surface area contributed by atoms with Crippen LogP contribution in [0.15, 0.2) is 36.7 Å². The number of nitrogens with zero attached hydrogens (tertiary/aromatic N) is 4. The lowest BCUT2D eigenvalue weighted by atomic mass is 10.1. The number of halogens is 3. The Bertz CT molecular complexity index is 1040. The van der Waals surface area contributed by atoms with Gasteiger partial charge in [0.05, 0.1) is 17.5 Å². The van der Waals surface area contributed by atoms with Crippen LogP contribution in [-0.2, 0) is 0 Å². The van der Waals surface area contributed by atoms with Crippen molar-refractivity contribution in [3.63, 3.8) is 0 Å². The van der Waals surface area contributed by atoms with Crippen LogP contribution in [-0.4, -0.2) is 84.5 Å². The fraction of sp³-hybridized carbons (Fsp3) is 0.364. The maximum Gasteiger partial charge on any atom is 0.405 e. The second-order valence-corrected chi connectivity index (χ2v) is 7.91. The lowest BCUT2D eigenvalue weighted by Gasteiger charge is -2.23. The van der Waals surface area contributed by atoms with Gasteiger partial charge in [-0.05, 0) is 25.2 Å². The van der Waals surface area contributed by atoms with Crippen molar-refractivity contribution < 1.29 is 18.3 Å². The molecule has 0 bridgehead atoms. The Labute approximate surface area is 195 Å². The number of aliphatic hydroxyl groups is 1. The first-order chi connectivity index (χ1) is 16.2. The third kappa shape index (κ3) is 6.99. The first-order valence-corrected chi connectivity index (χ1v) is 10.6. The normalized spacial score (nSPS) is 17.7. The predicted octanol–water partition coefficient (Wildman–Crippen LogP) is 2.47. The van der Waals surface area contributed by atoms with Crippen molar-refractivity contribution in [1.29, 1.82) is 10.8 Å². The summed E-state index contributed by atoms with van der Waals surface area (Å²) < 4.78 is 37.3. The summed E-state index contributed by atoms with van der Waals surface area (Å²) in [5.74, 6) is 1.17. The molecule has 0 spiro atoms. The minimum absolute atomic E-state index is 0.146. The van der Waals surface area contributed by atoms with Gasteiger partial charge >= 0.3 is 6.18 Å². The average molecular weight is 477 g/mol. The Morgan fingerprint density at radius 1 is 1.26 bits per heavy atom. The van der Waals surface area contributed by atoms with Gasteiger partial charge in [-0.3, -0.25) is 4.98 Å². The number of likely N-dealkylation sites (N-methyl/N-ethyl adjacent to an activating group) is 1. The molecule has 2 aromatic heterocycles. The van der Waals surface area contributed by atoms with Crippen LogP contribution >= 0.6 is 0 Å². The van der Waals surface area contributed by atoms with Crippen LogP contribution in [0, 0.1) is 10.8 Å². The fourth-order valence-corrected chi connectivity index (χ4v) is 3.47. The highest BCUT2D eigenvalue weighted by Gasteiger charge is 2.26. The van der Waals surface area contributed by atoms with Crippen LogP contribution in [0.3, 0.4) is 0 Å². The molecule has 2 aromatic rings. The molecule has 5 N–H and O–H groups in total. The van der Waals surface area contributed by atoms with Gasteiger partial charge in [0.25, 0.3) is 0 Å². The van der Waals surface area contributed by atoms with E-state index < -0.39 is 18.8 Å². The Morgan fingerprint density at radius 2 is 2.06 bits per heavy atom. The van der Waals surface area contributed by atoms with Crippen LogP contribution in [0.5, 0.6) is 0 Å². The van der Waals surface area contributed by atoms with Crippen LogP contribution in [0.4, 0.5) is 30.5 Å². The van der Waals surface area contributed by atoms with E-state index in [1.54, 1.807) is 12.1 Å². The molecule has 0 radical (unpaired) electrons. The standard InChI is InChI=1S/C22H27F3N8O/c1-32-5-6-33(13-17(34)12-32)21-4-2-3-20(31-21)30-19-7-18(29-11-16(19)9-27)15(8-26)10-28-14-22(23,24)25/h2-4,7-11,17,26-28,34H,5-6,12-14H2,1H3,(H,29,30,31)/b15-10+,26-8?,27-9?/t17-/m0/s1. The maximum atomic E-state index is 12.4. The largest absolute Gasteiger partial charge is 0.405 e. The van der Waals surface area contributed by atoms with Crippen molar-refractivity contribution in [3.8, 4) is 0 Å². The van der Waals surface area contributed by atoms with Crippen molar-refractivity contribution in [2.75, 3.05) is 50.0 Å². The van der Waals surface area contributed by atoms with Crippen molar-refractivity contribution in [1.82, 2.24) is 20.2 Å². The number of rotatable bonds is 8. The van der Waals surface area contributed by atoms with Gasteiger partial charge in [0, 0.05) is 62.1 Å². The molecule has 3 rings (SSSR count). The topological polar surface area (TPSA) is 124 Å². The number of anilines is 3. The molecule has 0 unspecified atom stereocenters. The van der Waals surface area contributed by atoms with E-state index in [1.165, 1.54) is 6.20 Å². The molecule has 1 aliphatic rings. The summed E-state index contributed by atoms with van der Waals surface area (Å²) in [6.07, 6.45) is -0.410. The number of β-amino-alcohol motifs (C(OH)–C–C–N with tert-alkyl or cyclic N) is 1. The summed E-state index contributed by atoms with van der Waals surface area (Å²) in [6.45, 7) is 1.28. The van der Waals surface area contributed by atoms with Gasteiger partial charge in [-0.2, -0.15) is 13.2 Å². The molecular weight excluding hydrogens is 449 g/mol. The lowest BCUT2D eigenvalue weighted by Crippen LogP contribution is -2.33. The lowest BCUT2D eigenvalue weighted by molar-refractivity contribution is -0.122. The molecule has 12 heteroatoms. The molecule has 1 saturated heterocycles. The monoisotopic (exact) mass is 476 g/mol. The molecule has 0 aromatic carbocycles. The van der Waals surface area contributed by atoms with E-state index in [1.807, 2.05) is 24.1 Å². The van der Waals surface area contributed by atoms with Gasteiger partial charge in [0.1, 0.15) is 18.2 Å². The summed E-state index contributed by atoms with van der Waals surface area (Å²) in [7, 11) is 1.95. The minimum atomic E-state index is -4.39. The van der Waals surface area contributed by atoms with E-state index in [-0.39, 0.29) is 11.3 Å². The maximum absolute atomic E-state index is 12.4. The molecular formula is C22H27F3N8O. The highest BCUT2D eigenvalue weighted by Crippen LogP contribution is 2.24. The molecule has 1 fully saturated rings. The Morgan fingerprint density at radius 3 is 2.76 bits per heavy atom. The number of nitrogens with one attached hydrogen (secondary N) is 4. The number of allylic oxidation sites excluding steroid dienone is 1. The molecule has 3 heterocycles. The molecule has 182 valence electrons. The molecule has 0 saturated carbocycles. The molecule has 34 heavy (non-hydrogen) atoms. The predicted molar refractivity (Wildman–Crippen MR) is 126 cm³/mol. The highest BCUT2D eigenvalue weighted by atomic mass is 19.4. The smallest absolute Gasteiger partial charge is 0.390 e. The van der Waals surface area contributed by atoms with Crippen LogP contribution in [0.2, 0.25) is 0 Å². The number of aromatic nitrogens is 2. The van der Waals surface area contributed by atoms with Crippen LogP contribution < -0.4 is 15.5 Å².